The Morgan fingerprint density at radius 2 is 1.00 bits per heavy atom. The van der Waals surface area contributed by atoms with Crippen molar-refractivity contribution in [2.75, 3.05) is 0 Å². The summed E-state index contributed by atoms with van der Waals surface area (Å²) in [5.74, 6) is -0.180. The normalized spacial score (nSPS) is 11.6. The summed E-state index contributed by atoms with van der Waals surface area (Å²) in [6, 6.07) is 27.9. The molecule has 0 atom stereocenters. The smallest absolute Gasteiger partial charge is 0.485 e. The van der Waals surface area contributed by atoms with E-state index in [0.29, 0.717) is 0 Å². The summed E-state index contributed by atoms with van der Waals surface area (Å²) in [5, 5.41) is 0. The minimum Gasteiger partial charge on any atom is -0.741 e. The molecular formula is C19H14F4O3SSe. The molecule has 3 aromatic rings. The van der Waals surface area contributed by atoms with E-state index >= 15 is 0 Å². The zero-order chi connectivity index (χ0) is 20.8. The summed E-state index contributed by atoms with van der Waals surface area (Å²) < 4.78 is 76.0. The molecular weight excluding hydrogens is 463 g/mol. The van der Waals surface area contributed by atoms with Gasteiger partial charge in [0.1, 0.15) is 0 Å². The molecule has 28 heavy (non-hydrogen) atoms. The molecule has 0 fully saturated rings. The second-order valence-electron chi connectivity index (χ2n) is 5.29. The average molecular weight is 477 g/mol. The predicted molar refractivity (Wildman–Crippen MR) is 99.7 cm³/mol. The van der Waals surface area contributed by atoms with Gasteiger partial charge in [-0.3, -0.25) is 0 Å². The van der Waals surface area contributed by atoms with Crippen LogP contribution in [-0.4, -0.2) is 32.4 Å². The van der Waals surface area contributed by atoms with E-state index in [1.807, 2.05) is 24.3 Å². The molecule has 0 unspecified atom stereocenters. The third kappa shape index (κ3) is 6.17. The molecule has 0 N–H and O–H groups in total. The van der Waals surface area contributed by atoms with Crippen molar-refractivity contribution in [3.8, 4) is 0 Å². The zero-order valence-corrected chi connectivity index (χ0v) is 16.7. The molecule has 0 amide bonds. The van der Waals surface area contributed by atoms with Crippen molar-refractivity contribution in [2.45, 2.75) is 5.51 Å². The van der Waals surface area contributed by atoms with E-state index in [2.05, 4.69) is 48.5 Å². The largest absolute Gasteiger partial charge is 0.741 e. The summed E-state index contributed by atoms with van der Waals surface area (Å²) in [4.78, 5) is 0. The first-order valence-electron chi connectivity index (χ1n) is 7.72. The van der Waals surface area contributed by atoms with E-state index in [-0.39, 0.29) is 5.82 Å². The van der Waals surface area contributed by atoms with Gasteiger partial charge in [-0.1, -0.05) is 0 Å². The first-order chi connectivity index (χ1) is 13.1. The summed E-state index contributed by atoms with van der Waals surface area (Å²) in [6.07, 6.45) is 0. The number of rotatable bonds is 3. The Balaban J connectivity index is 0.000000300. The summed E-state index contributed by atoms with van der Waals surface area (Å²) >= 11 is -1.33. The molecule has 0 aliphatic carbocycles. The quantitative estimate of drug-likeness (QED) is 0.252. The molecule has 0 radical (unpaired) electrons. The predicted octanol–water partition coefficient (Wildman–Crippen LogP) is 2.39. The second kappa shape index (κ2) is 9.34. The first kappa shape index (κ1) is 22.1. The molecule has 0 aromatic heterocycles. The standard InChI is InChI=1S/C18H14FSe.CHF3O3S/c19-15-11-13-18(14-12-15)20(16-7-3-1-4-8-16)17-9-5-2-6-10-17;2-1(3,4)8(5,6)7/h1-14H;(H,5,6,7)/q+1;/p-1. The Morgan fingerprint density at radius 3 is 1.32 bits per heavy atom. The van der Waals surface area contributed by atoms with E-state index in [4.69, 9.17) is 13.0 Å². The van der Waals surface area contributed by atoms with Crippen molar-refractivity contribution >= 4 is 37.4 Å². The minimum absolute atomic E-state index is 0.180. The maximum Gasteiger partial charge on any atom is 0.485 e. The molecule has 0 aliphatic heterocycles. The van der Waals surface area contributed by atoms with E-state index < -0.39 is 29.5 Å². The monoisotopic (exact) mass is 478 g/mol. The maximum absolute atomic E-state index is 13.2. The molecule has 0 heterocycles. The van der Waals surface area contributed by atoms with Gasteiger partial charge < -0.3 is 4.55 Å². The van der Waals surface area contributed by atoms with Crippen molar-refractivity contribution in [1.29, 1.82) is 0 Å². The summed E-state index contributed by atoms with van der Waals surface area (Å²) in [6.45, 7) is 0. The summed E-state index contributed by atoms with van der Waals surface area (Å²) in [7, 11) is -6.09. The first-order valence-corrected chi connectivity index (χ1v) is 11.7. The van der Waals surface area contributed by atoms with Crippen LogP contribution in [0, 0.1) is 5.82 Å². The number of halogens is 4. The van der Waals surface area contributed by atoms with Crippen molar-refractivity contribution in [1.82, 2.24) is 0 Å². The van der Waals surface area contributed by atoms with Gasteiger partial charge in [0.2, 0.25) is 0 Å². The van der Waals surface area contributed by atoms with Crippen LogP contribution in [0.2, 0.25) is 0 Å². The van der Waals surface area contributed by atoms with Crippen LogP contribution in [0.25, 0.3) is 0 Å². The molecule has 0 spiro atoms. The Morgan fingerprint density at radius 1 is 0.679 bits per heavy atom. The van der Waals surface area contributed by atoms with Gasteiger partial charge >= 0.3 is 128 Å². The van der Waals surface area contributed by atoms with Crippen molar-refractivity contribution in [3.63, 3.8) is 0 Å². The van der Waals surface area contributed by atoms with Gasteiger partial charge in [-0.05, 0) is 0 Å². The zero-order valence-electron chi connectivity index (χ0n) is 14.1. The van der Waals surface area contributed by atoms with Crippen LogP contribution in [0.1, 0.15) is 0 Å². The van der Waals surface area contributed by atoms with Crippen molar-refractivity contribution in [3.05, 3.63) is 90.7 Å². The fourth-order valence-corrected chi connectivity index (χ4v) is 6.46. The second-order valence-corrected chi connectivity index (χ2v) is 10.9. The van der Waals surface area contributed by atoms with Crippen LogP contribution in [0.3, 0.4) is 0 Å². The maximum atomic E-state index is 13.2. The molecule has 3 aromatic carbocycles. The van der Waals surface area contributed by atoms with E-state index in [9.17, 15) is 17.6 Å². The topological polar surface area (TPSA) is 57.2 Å². The Hall–Kier alpha value is -2.19. The fourth-order valence-electron chi connectivity index (χ4n) is 2.09. The Kier molecular flexibility index (Phi) is 7.37. The number of alkyl halides is 3. The molecule has 0 aliphatic rings. The van der Waals surface area contributed by atoms with E-state index in [1.165, 1.54) is 13.4 Å². The molecule has 3 nitrogen and oxygen atoms in total. The van der Waals surface area contributed by atoms with Gasteiger partial charge in [0.25, 0.3) is 0 Å². The molecule has 148 valence electrons. The Labute approximate surface area is 164 Å². The van der Waals surface area contributed by atoms with E-state index in [0.717, 1.165) is 0 Å². The van der Waals surface area contributed by atoms with Gasteiger partial charge in [-0.2, -0.15) is 13.2 Å². The van der Waals surface area contributed by atoms with Crippen LogP contribution in [0.5, 0.6) is 0 Å². The van der Waals surface area contributed by atoms with Crippen LogP contribution in [-0.2, 0) is 10.1 Å². The van der Waals surface area contributed by atoms with Crippen molar-refractivity contribution in [2.24, 2.45) is 0 Å². The molecule has 0 saturated carbocycles. The van der Waals surface area contributed by atoms with E-state index in [1.54, 1.807) is 12.1 Å². The van der Waals surface area contributed by atoms with Gasteiger partial charge in [0, 0.05) is 0 Å². The molecule has 3 rings (SSSR count). The van der Waals surface area contributed by atoms with Crippen molar-refractivity contribution < 1.29 is 30.5 Å². The number of hydrogen-bond acceptors (Lipinski definition) is 3. The third-order valence-electron chi connectivity index (χ3n) is 3.29. The van der Waals surface area contributed by atoms with Gasteiger partial charge in [0.15, 0.2) is 10.1 Å². The van der Waals surface area contributed by atoms with Gasteiger partial charge in [-0.15, -0.1) is 0 Å². The number of benzene rings is 3. The number of hydrogen-bond donors (Lipinski definition) is 0. The average Bonchev–Trinajstić information content (AvgIpc) is 2.64. The van der Waals surface area contributed by atoms with Crippen LogP contribution >= 0.6 is 0 Å². The fraction of sp³-hybridized carbons (Fsp3) is 0.0526. The Bertz CT molecular complexity index is 938. The summed E-state index contributed by atoms with van der Waals surface area (Å²) in [5.41, 5.74) is -5.65. The molecule has 9 heteroatoms. The third-order valence-corrected chi connectivity index (χ3v) is 8.54. The van der Waals surface area contributed by atoms with Crippen LogP contribution < -0.4 is 13.4 Å². The van der Waals surface area contributed by atoms with Gasteiger partial charge in [-0.25, -0.2) is 8.42 Å². The van der Waals surface area contributed by atoms with Crippen LogP contribution in [0.4, 0.5) is 17.6 Å². The van der Waals surface area contributed by atoms with Gasteiger partial charge in [0.05, 0.1) is 0 Å². The minimum atomic E-state index is -6.09. The molecule has 0 bridgehead atoms. The van der Waals surface area contributed by atoms with Crippen LogP contribution in [0.15, 0.2) is 84.9 Å². The SMILES string of the molecule is Fc1ccc([Se+](c2ccccc2)c2ccccc2)cc1.O=S(=O)([O-])C(F)(F)F. The molecule has 0 saturated heterocycles.